The Morgan fingerprint density at radius 2 is 2.21 bits per heavy atom. The molecule has 2 N–H and O–H groups in total. The van der Waals surface area contributed by atoms with Gasteiger partial charge >= 0.3 is 5.97 Å². The molecule has 0 radical (unpaired) electrons. The second-order valence-electron chi connectivity index (χ2n) is 3.72. The van der Waals surface area contributed by atoms with Crippen LogP contribution in [0.5, 0.6) is 5.75 Å². The molecular weight excluding hydrogens is 246 g/mol. The number of hydrogen-bond donors (Lipinski definition) is 2. The molecule has 100 valence electrons. The molecule has 5 heteroatoms. The Labute approximate surface area is 111 Å². The van der Waals surface area contributed by atoms with Crippen molar-refractivity contribution in [1.29, 1.82) is 0 Å². The summed E-state index contributed by atoms with van der Waals surface area (Å²) in [5.74, 6) is -1.04. The summed E-state index contributed by atoms with van der Waals surface area (Å²) in [6.07, 6.45) is 2.98. The van der Waals surface area contributed by atoms with Crippen molar-refractivity contribution >= 4 is 18.0 Å². The van der Waals surface area contributed by atoms with Gasteiger partial charge in [-0.05, 0) is 23.8 Å². The molecule has 0 aromatic heterocycles. The third-order valence-corrected chi connectivity index (χ3v) is 2.08. The van der Waals surface area contributed by atoms with Crippen molar-refractivity contribution in [2.24, 2.45) is 0 Å². The average Bonchev–Trinajstić information content (AvgIpc) is 2.35. The van der Waals surface area contributed by atoms with Gasteiger partial charge in [0.1, 0.15) is 18.1 Å². The minimum absolute atomic E-state index is 0.187. The van der Waals surface area contributed by atoms with Crippen molar-refractivity contribution in [3.05, 3.63) is 48.2 Å². The normalized spacial score (nSPS) is 10.7. The van der Waals surface area contributed by atoms with Crippen LogP contribution in [0.4, 0.5) is 0 Å². The van der Waals surface area contributed by atoms with E-state index >= 15 is 0 Å². The van der Waals surface area contributed by atoms with E-state index in [0.717, 1.165) is 0 Å². The Morgan fingerprint density at radius 3 is 2.79 bits per heavy atom. The van der Waals surface area contributed by atoms with Crippen molar-refractivity contribution in [1.82, 2.24) is 5.32 Å². The maximum absolute atomic E-state index is 11.0. The number of carbonyl (C=O) groups excluding carboxylic acids is 1. The van der Waals surface area contributed by atoms with E-state index in [1.54, 1.807) is 30.3 Å². The van der Waals surface area contributed by atoms with Gasteiger partial charge in [0, 0.05) is 6.92 Å². The van der Waals surface area contributed by atoms with Gasteiger partial charge in [0.25, 0.3) is 0 Å². The lowest BCUT2D eigenvalue weighted by Crippen LogP contribution is -2.24. The molecule has 5 nitrogen and oxygen atoms in total. The first-order valence-electron chi connectivity index (χ1n) is 5.59. The van der Waals surface area contributed by atoms with Gasteiger partial charge in [0.05, 0.1) is 0 Å². The molecule has 0 fully saturated rings. The molecule has 1 amide bonds. The number of nitrogens with one attached hydrogen (secondary N) is 1. The monoisotopic (exact) mass is 261 g/mol. The highest BCUT2D eigenvalue weighted by Gasteiger charge is 2.08. The fourth-order valence-electron chi connectivity index (χ4n) is 1.36. The van der Waals surface area contributed by atoms with E-state index in [4.69, 9.17) is 9.84 Å². The van der Waals surface area contributed by atoms with Gasteiger partial charge in [-0.3, -0.25) is 4.79 Å². The summed E-state index contributed by atoms with van der Waals surface area (Å²) in [6.45, 7) is 5.16. The van der Waals surface area contributed by atoms with Crippen LogP contribution in [0.2, 0.25) is 0 Å². The van der Waals surface area contributed by atoms with Crippen molar-refractivity contribution in [2.75, 3.05) is 6.61 Å². The van der Waals surface area contributed by atoms with Gasteiger partial charge in [-0.2, -0.15) is 0 Å². The molecule has 0 aliphatic heterocycles. The van der Waals surface area contributed by atoms with Crippen molar-refractivity contribution in [3.8, 4) is 5.75 Å². The summed E-state index contributed by atoms with van der Waals surface area (Å²) in [6, 6.07) is 6.87. The van der Waals surface area contributed by atoms with E-state index in [-0.39, 0.29) is 5.70 Å². The number of carbonyl (C=O) groups is 2. The molecule has 1 rings (SSSR count). The van der Waals surface area contributed by atoms with Gasteiger partial charge in [-0.1, -0.05) is 24.8 Å². The Kier molecular flexibility index (Phi) is 5.35. The van der Waals surface area contributed by atoms with Crippen LogP contribution in [-0.4, -0.2) is 23.6 Å². The number of rotatable bonds is 6. The van der Waals surface area contributed by atoms with Crippen LogP contribution in [0, 0.1) is 0 Å². The molecule has 0 atom stereocenters. The van der Waals surface area contributed by atoms with Gasteiger partial charge in [-0.15, -0.1) is 0 Å². The number of ether oxygens (including phenoxy) is 1. The van der Waals surface area contributed by atoms with Crippen molar-refractivity contribution < 1.29 is 19.4 Å². The molecule has 0 saturated carbocycles. The van der Waals surface area contributed by atoms with E-state index in [1.165, 1.54) is 13.0 Å². The standard InChI is InChI=1S/C14H15NO4/c1-3-7-19-12-6-4-5-11(8-12)9-13(14(17)18)15-10(2)16/h3-6,8-9H,1,7H2,2H3,(H,15,16)(H,17,18). The molecule has 0 unspecified atom stereocenters. The van der Waals surface area contributed by atoms with E-state index in [1.807, 2.05) is 0 Å². The first-order chi connectivity index (χ1) is 9.02. The summed E-state index contributed by atoms with van der Waals surface area (Å²) >= 11 is 0. The summed E-state index contributed by atoms with van der Waals surface area (Å²) in [5.41, 5.74) is 0.432. The minimum Gasteiger partial charge on any atom is -0.490 e. The predicted octanol–water partition coefficient (Wildman–Crippen LogP) is 1.81. The van der Waals surface area contributed by atoms with Gasteiger partial charge in [0.15, 0.2) is 0 Å². The lowest BCUT2D eigenvalue weighted by atomic mass is 10.2. The largest absolute Gasteiger partial charge is 0.490 e. The molecule has 0 spiro atoms. The Bertz CT molecular complexity index is 520. The predicted molar refractivity (Wildman–Crippen MR) is 71.6 cm³/mol. The molecule has 19 heavy (non-hydrogen) atoms. The quantitative estimate of drug-likeness (QED) is 0.605. The zero-order chi connectivity index (χ0) is 14.3. The number of carboxylic acid groups (broad SMARTS) is 1. The fraction of sp³-hybridized carbons (Fsp3) is 0.143. The van der Waals surface area contributed by atoms with Crippen molar-refractivity contribution in [2.45, 2.75) is 6.92 Å². The number of hydrogen-bond acceptors (Lipinski definition) is 3. The minimum atomic E-state index is -1.20. The first kappa shape index (κ1) is 14.5. The van der Waals surface area contributed by atoms with Gasteiger partial charge in [0.2, 0.25) is 5.91 Å². The first-order valence-corrected chi connectivity index (χ1v) is 5.59. The molecule has 0 aliphatic carbocycles. The molecule has 1 aromatic carbocycles. The van der Waals surface area contributed by atoms with E-state index in [0.29, 0.717) is 17.9 Å². The fourth-order valence-corrected chi connectivity index (χ4v) is 1.36. The van der Waals surface area contributed by atoms with Crippen molar-refractivity contribution in [3.63, 3.8) is 0 Å². The third kappa shape index (κ3) is 5.08. The van der Waals surface area contributed by atoms with Crippen LogP contribution in [0.1, 0.15) is 12.5 Å². The topological polar surface area (TPSA) is 75.6 Å². The molecule has 0 bridgehead atoms. The van der Waals surface area contributed by atoms with E-state index in [9.17, 15) is 9.59 Å². The highest BCUT2D eigenvalue weighted by Crippen LogP contribution is 2.15. The Balaban J connectivity index is 2.96. The van der Waals surface area contributed by atoms with Gasteiger partial charge < -0.3 is 15.2 Å². The number of benzene rings is 1. The maximum Gasteiger partial charge on any atom is 0.352 e. The second-order valence-corrected chi connectivity index (χ2v) is 3.72. The van der Waals surface area contributed by atoms with Crippen LogP contribution in [-0.2, 0) is 9.59 Å². The number of carboxylic acids is 1. The summed E-state index contributed by atoms with van der Waals surface area (Å²) in [7, 11) is 0. The summed E-state index contributed by atoms with van der Waals surface area (Å²) in [5, 5.41) is 11.2. The van der Waals surface area contributed by atoms with Crippen LogP contribution in [0.3, 0.4) is 0 Å². The summed E-state index contributed by atoms with van der Waals surface area (Å²) < 4.78 is 5.34. The van der Waals surface area contributed by atoms with Crippen LogP contribution in [0.25, 0.3) is 6.08 Å². The van der Waals surface area contributed by atoms with Crippen LogP contribution in [0.15, 0.2) is 42.6 Å². The molecule has 0 heterocycles. The zero-order valence-electron chi connectivity index (χ0n) is 10.6. The third-order valence-electron chi connectivity index (χ3n) is 2.08. The highest BCUT2D eigenvalue weighted by molar-refractivity contribution is 5.96. The zero-order valence-corrected chi connectivity index (χ0v) is 10.6. The molecule has 1 aromatic rings. The van der Waals surface area contributed by atoms with E-state index < -0.39 is 11.9 Å². The van der Waals surface area contributed by atoms with Gasteiger partial charge in [-0.25, -0.2) is 4.79 Å². The maximum atomic E-state index is 11.0. The average molecular weight is 261 g/mol. The Hall–Kier alpha value is -2.56. The number of aliphatic carboxylic acids is 1. The molecule has 0 aliphatic rings. The van der Waals surface area contributed by atoms with Crippen LogP contribution < -0.4 is 10.1 Å². The lowest BCUT2D eigenvalue weighted by Gasteiger charge is -2.05. The summed E-state index contributed by atoms with van der Waals surface area (Å²) in [4.78, 5) is 21.9. The lowest BCUT2D eigenvalue weighted by molar-refractivity contribution is -0.134. The smallest absolute Gasteiger partial charge is 0.352 e. The molecule has 0 saturated heterocycles. The Morgan fingerprint density at radius 1 is 1.47 bits per heavy atom. The second kappa shape index (κ2) is 7.00. The highest BCUT2D eigenvalue weighted by atomic mass is 16.5. The number of amides is 1. The SMILES string of the molecule is C=CCOc1cccc(C=C(NC(C)=O)C(=O)O)c1. The molecular formula is C14H15NO4. The van der Waals surface area contributed by atoms with E-state index in [2.05, 4.69) is 11.9 Å². The van der Waals surface area contributed by atoms with Crippen LogP contribution >= 0.6 is 0 Å².